The fourth-order valence-corrected chi connectivity index (χ4v) is 1.97. The van der Waals surface area contributed by atoms with Gasteiger partial charge in [-0.05, 0) is 39.7 Å². The van der Waals surface area contributed by atoms with Crippen LogP contribution in [0.4, 0.5) is 15.9 Å². The number of carbonyl (C=O) groups excluding carboxylic acids is 1. The number of benzene rings is 1. The Bertz CT molecular complexity index is 601. The number of nitrogens with one attached hydrogen (secondary N) is 1. The molecule has 19 heavy (non-hydrogen) atoms. The summed E-state index contributed by atoms with van der Waals surface area (Å²) in [6.45, 7) is 0. The molecule has 0 spiro atoms. The van der Waals surface area contributed by atoms with Crippen molar-refractivity contribution >= 4 is 33.3 Å². The number of amides is 1. The monoisotopic (exact) mass is 323 g/mol. The average Bonchev–Trinajstić information content (AvgIpc) is 2.36. The summed E-state index contributed by atoms with van der Waals surface area (Å²) in [4.78, 5) is 15.8. The van der Waals surface area contributed by atoms with Crippen LogP contribution in [0, 0.1) is 5.82 Å². The molecule has 0 saturated carbocycles. The van der Waals surface area contributed by atoms with Gasteiger partial charge in [-0.2, -0.15) is 0 Å². The van der Waals surface area contributed by atoms with E-state index in [0.717, 1.165) is 5.56 Å². The Morgan fingerprint density at radius 2 is 2.05 bits per heavy atom. The van der Waals surface area contributed by atoms with E-state index in [2.05, 4.69) is 26.2 Å². The van der Waals surface area contributed by atoms with Crippen molar-refractivity contribution < 1.29 is 9.18 Å². The highest BCUT2D eigenvalue weighted by atomic mass is 79.9. The van der Waals surface area contributed by atoms with Gasteiger partial charge in [-0.15, -0.1) is 0 Å². The van der Waals surface area contributed by atoms with Gasteiger partial charge in [-0.1, -0.05) is 12.1 Å². The van der Waals surface area contributed by atoms with E-state index in [-0.39, 0.29) is 18.1 Å². The lowest BCUT2D eigenvalue weighted by molar-refractivity contribution is -0.115. The first-order valence-corrected chi connectivity index (χ1v) is 6.29. The minimum absolute atomic E-state index is 0.152. The summed E-state index contributed by atoms with van der Waals surface area (Å²) in [5, 5.41) is 2.65. The molecule has 2 aromatic rings. The fourth-order valence-electron chi connectivity index (χ4n) is 1.51. The Labute approximate surface area is 118 Å². The number of nitrogen functional groups attached to an aromatic ring is 1. The molecule has 0 atom stereocenters. The molecule has 0 aliphatic carbocycles. The van der Waals surface area contributed by atoms with Crippen LogP contribution in [0.1, 0.15) is 5.56 Å². The van der Waals surface area contributed by atoms with Crippen LogP contribution in [0.15, 0.2) is 41.0 Å². The van der Waals surface area contributed by atoms with Crippen LogP contribution in [0.5, 0.6) is 0 Å². The van der Waals surface area contributed by atoms with E-state index in [9.17, 15) is 9.18 Å². The maximum atomic E-state index is 12.7. The minimum atomic E-state index is -0.327. The number of rotatable bonds is 3. The lowest BCUT2D eigenvalue weighted by Gasteiger charge is -2.07. The lowest BCUT2D eigenvalue weighted by Crippen LogP contribution is -2.15. The van der Waals surface area contributed by atoms with Crippen LogP contribution in [0.2, 0.25) is 0 Å². The molecule has 98 valence electrons. The van der Waals surface area contributed by atoms with E-state index >= 15 is 0 Å². The first-order valence-electron chi connectivity index (χ1n) is 5.50. The molecule has 4 nitrogen and oxygen atoms in total. The summed E-state index contributed by atoms with van der Waals surface area (Å²) in [5.74, 6) is -0.155. The van der Waals surface area contributed by atoms with Crippen molar-refractivity contribution in [3.05, 3.63) is 52.4 Å². The van der Waals surface area contributed by atoms with Crippen LogP contribution in [-0.2, 0) is 11.2 Å². The molecule has 3 N–H and O–H groups in total. The molecular weight excluding hydrogens is 313 g/mol. The molecule has 1 amide bonds. The summed E-state index contributed by atoms with van der Waals surface area (Å²) < 4.78 is 13.3. The number of anilines is 2. The third-order valence-electron chi connectivity index (χ3n) is 2.40. The Morgan fingerprint density at radius 3 is 2.68 bits per heavy atom. The quantitative estimate of drug-likeness (QED) is 0.912. The Balaban J connectivity index is 2.03. The SMILES string of the molecule is Nc1cnc(NC(=O)Cc2ccc(F)cc2)c(Br)c1. The molecule has 6 heteroatoms. The zero-order chi connectivity index (χ0) is 13.8. The van der Waals surface area contributed by atoms with Crippen molar-refractivity contribution in [3.8, 4) is 0 Å². The molecule has 0 aliphatic heterocycles. The smallest absolute Gasteiger partial charge is 0.229 e. The van der Waals surface area contributed by atoms with Crippen molar-refractivity contribution in [3.63, 3.8) is 0 Å². The van der Waals surface area contributed by atoms with Gasteiger partial charge in [0.05, 0.1) is 22.8 Å². The topological polar surface area (TPSA) is 68.0 Å². The number of hydrogen-bond donors (Lipinski definition) is 2. The van der Waals surface area contributed by atoms with Gasteiger partial charge >= 0.3 is 0 Å². The third kappa shape index (κ3) is 3.75. The Morgan fingerprint density at radius 1 is 1.37 bits per heavy atom. The highest BCUT2D eigenvalue weighted by Gasteiger charge is 2.08. The van der Waals surface area contributed by atoms with E-state index in [1.807, 2.05) is 0 Å². The molecular formula is C13H11BrFN3O. The molecule has 0 fully saturated rings. The molecule has 0 unspecified atom stereocenters. The van der Waals surface area contributed by atoms with E-state index in [0.29, 0.717) is 16.0 Å². The zero-order valence-corrected chi connectivity index (χ0v) is 11.4. The van der Waals surface area contributed by atoms with Gasteiger partial charge in [0.25, 0.3) is 0 Å². The second kappa shape index (κ2) is 5.79. The molecule has 1 heterocycles. The van der Waals surface area contributed by atoms with E-state index in [4.69, 9.17) is 5.73 Å². The van der Waals surface area contributed by atoms with Gasteiger partial charge < -0.3 is 11.1 Å². The van der Waals surface area contributed by atoms with Crippen LogP contribution in [0.3, 0.4) is 0 Å². The van der Waals surface area contributed by atoms with Crippen molar-refractivity contribution in [2.24, 2.45) is 0 Å². The van der Waals surface area contributed by atoms with Crippen molar-refractivity contribution in [2.45, 2.75) is 6.42 Å². The van der Waals surface area contributed by atoms with Gasteiger partial charge in [0.15, 0.2) is 0 Å². The average molecular weight is 324 g/mol. The predicted molar refractivity (Wildman–Crippen MR) is 75.1 cm³/mol. The molecule has 1 aromatic heterocycles. The highest BCUT2D eigenvalue weighted by Crippen LogP contribution is 2.21. The predicted octanol–water partition coefficient (Wildman–Crippen LogP) is 2.75. The molecule has 2 rings (SSSR count). The highest BCUT2D eigenvalue weighted by molar-refractivity contribution is 9.10. The fraction of sp³-hybridized carbons (Fsp3) is 0.0769. The van der Waals surface area contributed by atoms with Crippen LogP contribution >= 0.6 is 15.9 Å². The number of pyridine rings is 1. The van der Waals surface area contributed by atoms with Crippen molar-refractivity contribution in [1.29, 1.82) is 0 Å². The van der Waals surface area contributed by atoms with Crippen LogP contribution in [0.25, 0.3) is 0 Å². The summed E-state index contributed by atoms with van der Waals surface area (Å²) >= 11 is 3.26. The first-order chi connectivity index (χ1) is 9.04. The second-order valence-electron chi connectivity index (χ2n) is 3.95. The molecule has 0 radical (unpaired) electrons. The van der Waals surface area contributed by atoms with E-state index < -0.39 is 0 Å². The largest absolute Gasteiger partial charge is 0.397 e. The first kappa shape index (κ1) is 13.5. The minimum Gasteiger partial charge on any atom is -0.397 e. The summed E-state index contributed by atoms with van der Waals surface area (Å²) in [7, 11) is 0. The second-order valence-corrected chi connectivity index (χ2v) is 4.80. The van der Waals surface area contributed by atoms with Gasteiger partial charge in [0.2, 0.25) is 5.91 Å². The molecule has 0 bridgehead atoms. The standard InChI is InChI=1S/C13H11BrFN3O/c14-11-6-10(16)7-17-13(11)18-12(19)5-8-1-3-9(15)4-2-8/h1-4,6-7H,5,16H2,(H,17,18,19). The summed E-state index contributed by atoms with van der Waals surface area (Å²) in [6.07, 6.45) is 1.61. The van der Waals surface area contributed by atoms with Gasteiger partial charge in [0, 0.05) is 0 Å². The molecule has 0 aliphatic rings. The number of nitrogens with zero attached hydrogens (tertiary/aromatic N) is 1. The zero-order valence-electron chi connectivity index (χ0n) is 9.86. The van der Waals surface area contributed by atoms with Crippen LogP contribution < -0.4 is 11.1 Å². The Hall–Kier alpha value is -1.95. The van der Waals surface area contributed by atoms with Crippen LogP contribution in [-0.4, -0.2) is 10.9 Å². The van der Waals surface area contributed by atoms with Gasteiger partial charge in [-0.3, -0.25) is 4.79 Å². The summed E-state index contributed by atoms with van der Waals surface area (Å²) in [5.41, 5.74) is 6.79. The number of hydrogen-bond acceptors (Lipinski definition) is 3. The van der Waals surface area contributed by atoms with Gasteiger partial charge in [-0.25, -0.2) is 9.37 Å². The lowest BCUT2D eigenvalue weighted by atomic mass is 10.1. The Kier molecular flexibility index (Phi) is 4.11. The van der Waals surface area contributed by atoms with Crippen molar-refractivity contribution in [1.82, 2.24) is 4.98 Å². The van der Waals surface area contributed by atoms with Crippen molar-refractivity contribution in [2.75, 3.05) is 11.1 Å². The number of carbonyl (C=O) groups is 1. The third-order valence-corrected chi connectivity index (χ3v) is 3.00. The van der Waals surface area contributed by atoms with E-state index in [1.54, 1.807) is 18.2 Å². The molecule has 0 saturated heterocycles. The number of aromatic nitrogens is 1. The normalized spacial score (nSPS) is 10.2. The van der Waals surface area contributed by atoms with Gasteiger partial charge in [0.1, 0.15) is 11.6 Å². The molecule has 1 aromatic carbocycles. The maximum Gasteiger partial charge on any atom is 0.229 e. The van der Waals surface area contributed by atoms with E-state index in [1.165, 1.54) is 18.3 Å². The maximum absolute atomic E-state index is 12.7. The number of nitrogens with two attached hydrogens (primary N) is 1. The summed E-state index contributed by atoms with van der Waals surface area (Å²) in [6, 6.07) is 7.43. The number of halogens is 2.